The number of ether oxygens (including phenoxy) is 1. The Kier molecular flexibility index (Phi) is 3.65. The summed E-state index contributed by atoms with van der Waals surface area (Å²) in [5, 5.41) is 6.15. The molecule has 0 radical (unpaired) electrons. The van der Waals surface area contributed by atoms with Crippen LogP contribution in [-0.2, 0) is 13.0 Å². The Labute approximate surface area is 117 Å². The van der Waals surface area contributed by atoms with Gasteiger partial charge in [0.25, 0.3) is 0 Å². The highest BCUT2D eigenvalue weighted by molar-refractivity contribution is 5.87. The number of carbonyl (C=O) groups is 1. The van der Waals surface area contributed by atoms with E-state index in [9.17, 15) is 4.79 Å². The van der Waals surface area contributed by atoms with Crippen molar-refractivity contribution in [1.82, 2.24) is 5.32 Å². The second-order valence-electron chi connectivity index (χ2n) is 4.70. The normalized spacial score (nSPS) is 13.4. The van der Waals surface area contributed by atoms with Crippen LogP contribution in [-0.4, -0.2) is 12.6 Å². The molecular weight excluding hydrogens is 252 g/mol. The van der Waals surface area contributed by atoms with Crippen molar-refractivity contribution in [1.29, 1.82) is 0 Å². The molecule has 0 unspecified atom stereocenters. The summed E-state index contributed by atoms with van der Waals surface area (Å²) in [5.41, 5.74) is 3.26. The van der Waals surface area contributed by atoms with E-state index in [1.807, 2.05) is 30.3 Å². The van der Waals surface area contributed by atoms with Gasteiger partial charge in [0.05, 0.1) is 0 Å². The van der Waals surface area contributed by atoms with Gasteiger partial charge in [-0.3, -0.25) is 5.32 Å². The third-order valence-corrected chi connectivity index (χ3v) is 3.33. The summed E-state index contributed by atoms with van der Waals surface area (Å²) < 4.78 is 5.24. The first-order valence-electron chi connectivity index (χ1n) is 6.68. The minimum atomic E-state index is -0.455. The van der Waals surface area contributed by atoms with Gasteiger partial charge in [0.1, 0.15) is 5.75 Å². The maximum absolute atomic E-state index is 11.9. The van der Waals surface area contributed by atoms with Crippen molar-refractivity contribution < 1.29 is 9.53 Å². The molecule has 2 N–H and O–H groups in total. The van der Waals surface area contributed by atoms with E-state index in [0.717, 1.165) is 25.2 Å². The summed E-state index contributed by atoms with van der Waals surface area (Å²) in [7, 11) is 0. The van der Waals surface area contributed by atoms with Crippen molar-refractivity contribution in [2.75, 3.05) is 11.9 Å². The number of rotatable bonds is 2. The van der Waals surface area contributed by atoms with Crippen molar-refractivity contribution in [2.45, 2.75) is 13.0 Å². The standard InChI is InChI=1S/C16H16N2O2/c19-16(20-13-6-2-1-3-7-13)18-15-8-4-5-12-11-17-10-9-14(12)15/h1-8,17H,9-11H2,(H,18,19). The SMILES string of the molecule is O=C(Nc1cccc2c1CCNC2)Oc1ccccc1. The van der Waals surface area contributed by atoms with Gasteiger partial charge in [-0.05, 0) is 42.3 Å². The predicted octanol–water partition coefficient (Wildman–Crippen LogP) is 2.94. The van der Waals surface area contributed by atoms with Gasteiger partial charge in [-0.25, -0.2) is 4.79 Å². The van der Waals surface area contributed by atoms with Crippen LogP contribution >= 0.6 is 0 Å². The molecule has 1 heterocycles. The first-order valence-corrected chi connectivity index (χ1v) is 6.68. The largest absolute Gasteiger partial charge is 0.417 e. The Morgan fingerprint density at radius 1 is 1.10 bits per heavy atom. The molecule has 0 fully saturated rings. The number of amides is 1. The molecule has 0 atom stereocenters. The first kappa shape index (κ1) is 12.7. The fourth-order valence-corrected chi connectivity index (χ4v) is 2.38. The van der Waals surface area contributed by atoms with E-state index in [2.05, 4.69) is 16.7 Å². The molecule has 4 nitrogen and oxygen atoms in total. The average Bonchev–Trinajstić information content (AvgIpc) is 2.48. The van der Waals surface area contributed by atoms with Crippen LogP contribution in [0.15, 0.2) is 48.5 Å². The molecule has 0 bridgehead atoms. The molecule has 0 aliphatic carbocycles. The Hall–Kier alpha value is -2.33. The highest BCUT2D eigenvalue weighted by Gasteiger charge is 2.14. The van der Waals surface area contributed by atoms with Crippen LogP contribution < -0.4 is 15.4 Å². The lowest BCUT2D eigenvalue weighted by Gasteiger charge is -2.20. The van der Waals surface area contributed by atoms with Crippen LogP contribution in [0.5, 0.6) is 5.75 Å². The number of anilines is 1. The fraction of sp³-hybridized carbons (Fsp3) is 0.188. The number of fused-ring (bicyclic) bond motifs is 1. The first-order chi connectivity index (χ1) is 9.83. The van der Waals surface area contributed by atoms with Crippen LogP contribution in [0.25, 0.3) is 0 Å². The van der Waals surface area contributed by atoms with Crippen LogP contribution in [0.4, 0.5) is 10.5 Å². The summed E-state index contributed by atoms with van der Waals surface area (Å²) in [4.78, 5) is 11.9. The van der Waals surface area contributed by atoms with E-state index in [1.54, 1.807) is 12.1 Å². The van der Waals surface area contributed by atoms with Crippen molar-refractivity contribution in [3.8, 4) is 5.75 Å². The number of hydrogen-bond donors (Lipinski definition) is 2. The maximum atomic E-state index is 11.9. The smallest absolute Gasteiger partial charge is 0.410 e. The zero-order chi connectivity index (χ0) is 13.8. The number of hydrogen-bond acceptors (Lipinski definition) is 3. The van der Waals surface area contributed by atoms with E-state index in [1.165, 1.54) is 11.1 Å². The molecule has 1 aliphatic rings. The monoisotopic (exact) mass is 268 g/mol. The van der Waals surface area contributed by atoms with Gasteiger partial charge in [0.2, 0.25) is 0 Å². The summed E-state index contributed by atoms with van der Waals surface area (Å²) in [6.45, 7) is 1.78. The third-order valence-electron chi connectivity index (χ3n) is 3.33. The van der Waals surface area contributed by atoms with Gasteiger partial charge in [0, 0.05) is 12.2 Å². The van der Waals surface area contributed by atoms with Gasteiger partial charge < -0.3 is 10.1 Å². The van der Waals surface area contributed by atoms with Crippen LogP contribution in [0, 0.1) is 0 Å². The zero-order valence-electron chi connectivity index (χ0n) is 11.1. The molecule has 3 rings (SSSR count). The number of para-hydroxylation sites is 1. The van der Waals surface area contributed by atoms with Gasteiger partial charge in [-0.1, -0.05) is 30.3 Å². The molecule has 102 valence electrons. The van der Waals surface area contributed by atoms with Crippen molar-refractivity contribution >= 4 is 11.8 Å². The maximum Gasteiger partial charge on any atom is 0.417 e. The highest BCUT2D eigenvalue weighted by atomic mass is 16.6. The Morgan fingerprint density at radius 3 is 2.80 bits per heavy atom. The summed E-state index contributed by atoms with van der Waals surface area (Å²) >= 11 is 0. The fourth-order valence-electron chi connectivity index (χ4n) is 2.38. The van der Waals surface area contributed by atoms with E-state index >= 15 is 0 Å². The van der Waals surface area contributed by atoms with E-state index in [0.29, 0.717) is 5.75 Å². The van der Waals surface area contributed by atoms with E-state index < -0.39 is 6.09 Å². The van der Waals surface area contributed by atoms with Gasteiger partial charge in [-0.15, -0.1) is 0 Å². The number of benzene rings is 2. The quantitative estimate of drug-likeness (QED) is 0.880. The predicted molar refractivity (Wildman–Crippen MR) is 77.9 cm³/mol. The van der Waals surface area contributed by atoms with Gasteiger partial charge in [-0.2, -0.15) is 0 Å². The molecule has 0 saturated heterocycles. The molecule has 2 aromatic carbocycles. The topological polar surface area (TPSA) is 50.4 Å². The van der Waals surface area contributed by atoms with Gasteiger partial charge >= 0.3 is 6.09 Å². The second-order valence-corrected chi connectivity index (χ2v) is 4.70. The van der Waals surface area contributed by atoms with Crippen molar-refractivity contribution in [3.05, 3.63) is 59.7 Å². The average molecular weight is 268 g/mol. The minimum absolute atomic E-state index is 0.455. The molecule has 20 heavy (non-hydrogen) atoms. The Bertz CT molecular complexity index is 611. The lowest BCUT2D eigenvalue weighted by molar-refractivity contribution is 0.215. The lowest BCUT2D eigenvalue weighted by Crippen LogP contribution is -2.26. The molecular formula is C16H16N2O2. The lowest BCUT2D eigenvalue weighted by atomic mass is 9.99. The van der Waals surface area contributed by atoms with Crippen molar-refractivity contribution in [3.63, 3.8) is 0 Å². The summed E-state index contributed by atoms with van der Waals surface area (Å²) in [6, 6.07) is 15.0. The number of nitrogens with one attached hydrogen (secondary N) is 2. The van der Waals surface area contributed by atoms with Crippen LogP contribution in [0.1, 0.15) is 11.1 Å². The van der Waals surface area contributed by atoms with E-state index in [-0.39, 0.29) is 0 Å². The Balaban J connectivity index is 1.73. The van der Waals surface area contributed by atoms with Crippen LogP contribution in [0.3, 0.4) is 0 Å². The van der Waals surface area contributed by atoms with E-state index in [4.69, 9.17) is 4.74 Å². The van der Waals surface area contributed by atoms with Crippen LogP contribution in [0.2, 0.25) is 0 Å². The molecule has 0 saturated carbocycles. The highest BCUT2D eigenvalue weighted by Crippen LogP contribution is 2.23. The number of carbonyl (C=O) groups excluding carboxylic acids is 1. The molecule has 0 spiro atoms. The third kappa shape index (κ3) is 2.81. The van der Waals surface area contributed by atoms with Gasteiger partial charge in [0.15, 0.2) is 0 Å². The minimum Gasteiger partial charge on any atom is -0.410 e. The van der Waals surface area contributed by atoms with Crippen molar-refractivity contribution in [2.24, 2.45) is 0 Å². The molecule has 1 aliphatic heterocycles. The second kappa shape index (κ2) is 5.75. The molecule has 4 heteroatoms. The summed E-state index contributed by atoms with van der Waals surface area (Å²) in [6.07, 6.45) is 0.458. The molecule has 1 amide bonds. The summed E-state index contributed by atoms with van der Waals surface area (Å²) in [5.74, 6) is 0.538. The Morgan fingerprint density at radius 2 is 1.95 bits per heavy atom. The molecule has 0 aromatic heterocycles. The zero-order valence-corrected chi connectivity index (χ0v) is 11.1. The molecule has 2 aromatic rings.